The number of aromatic nitrogens is 1. The molecule has 1 aromatic heterocycles. The largest absolute Gasteiger partial charge is 0.414 e. The number of likely N-dealkylation sites (tertiary alicyclic amines) is 2. The minimum Gasteiger partial charge on any atom is -0.393 e. The quantitative estimate of drug-likeness (QED) is 0.422. The standard InChI is InChI=1S/C30H37N5O5S/c1-20-8-7-9-21(2)28(20)29(36)35-18-23-16-34(17-24(23)19-35)15-14-25(22-10-5-4-6-11-22)32-30(37)40-26-12-13-27(33(26)3)41(31,38)39/h4-13,23-25H,14-19H2,1-3H3,(H,32,37)(H2,31,38,39)/t23-,24?,25?/m0/s1. The number of rotatable bonds is 8. The van der Waals surface area contributed by atoms with Gasteiger partial charge in [0.1, 0.15) is 0 Å². The van der Waals surface area contributed by atoms with E-state index in [-0.39, 0.29) is 22.9 Å². The van der Waals surface area contributed by atoms with Crippen molar-refractivity contribution in [2.45, 2.75) is 31.3 Å². The van der Waals surface area contributed by atoms with Crippen LogP contribution in [0, 0.1) is 25.7 Å². The van der Waals surface area contributed by atoms with Gasteiger partial charge >= 0.3 is 6.09 Å². The molecule has 2 amide bonds. The predicted octanol–water partition coefficient (Wildman–Crippen LogP) is 3.21. The van der Waals surface area contributed by atoms with Gasteiger partial charge in [-0.25, -0.2) is 18.4 Å². The van der Waals surface area contributed by atoms with Crippen LogP contribution in [-0.2, 0) is 17.1 Å². The number of benzene rings is 2. The van der Waals surface area contributed by atoms with Crippen molar-refractivity contribution in [1.29, 1.82) is 0 Å². The molecule has 0 bridgehead atoms. The molecule has 3 N–H and O–H groups in total. The van der Waals surface area contributed by atoms with Crippen molar-refractivity contribution >= 4 is 22.0 Å². The fourth-order valence-electron chi connectivity index (χ4n) is 6.20. The SMILES string of the molecule is Cc1cccc(C)c1C(=O)N1CC2CN(CCC(NC(=O)Oc3ccc(S(N)(=O)=O)n3C)c3ccccc3)C[C@H]2C1. The van der Waals surface area contributed by atoms with Gasteiger partial charge in [-0.1, -0.05) is 48.5 Å². The molecule has 0 aliphatic carbocycles. The second kappa shape index (κ2) is 11.7. The van der Waals surface area contributed by atoms with Gasteiger partial charge < -0.3 is 24.4 Å². The van der Waals surface area contributed by atoms with Crippen molar-refractivity contribution in [3.05, 3.63) is 82.9 Å². The smallest absolute Gasteiger partial charge is 0.393 e. The average molecular weight is 580 g/mol. The number of nitrogens with one attached hydrogen (secondary N) is 1. The van der Waals surface area contributed by atoms with E-state index in [0.717, 1.165) is 55.0 Å². The van der Waals surface area contributed by atoms with Gasteiger partial charge in [0, 0.05) is 51.4 Å². The Balaban J connectivity index is 1.18. The van der Waals surface area contributed by atoms with Gasteiger partial charge in [0.25, 0.3) is 15.9 Å². The van der Waals surface area contributed by atoms with E-state index in [9.17, 15) is 18.0 Å². The lowest BCUT2D eigenvalue weighted by Gasteiger charge is -2.25. The molecule has 3 heterocycles. The summed E-state index contributed by atoms with van der Waals surface area (Å²) in [5.74, 6) is 1.07. The number of aryl methyl sites for hydroxylation is 2. The van der Waals surface area contributed by atoms with Crippen LogP contribution in [0.2, 0.25) is 0 Å². The molecule has 2 unspecified atom stereocenters. The van der Waals surface area contributed by atoms with Crippen LogP contribution in [0.1, 0.15) is 39.5 Å². The summed E-state index contributed by atoms with van der Waals surface area (Å²) in [5.41, 5.74) is 3.81. The first-order chi connectivity index (χ1) is 19.5. The molecule has 3 atom stereocenters. The molecule has 0 saturated carbocycles. The third-order valence-corrected chi connectivity index (χ3v) is 9.28. The third kappa shape index (κ3) is 6.32. The van der Waals surface area contributed by atoms with E-state index >= 15 is 0 Å². The van der Waals surface area contributed by atoms with Crippen LogP contribution in [0.4, 0.5) is 4.79 Å². The number of ether oxygens (including phenoxy) is 1. The Morgan fingerprint density at radius 1 is 0.951 bits per heavy atom. The predicted molar refractivity (Wildman–Crippen MR) is 155 cm³/mol. The molecule has 2 fully saturated rings. The molecule has 2 aromatic carbocycles. The number of primary sulfonamides is 1. The minimum absolute atomic E-state index is 0.0747. The highest BCUT2D eigenvalue weighted by Gasteiger charge is 2.42. The Morgan fingerprint density at radius 3 is 2.17 bits per heavy atom. The minimum atomic E-state index is -3.94. The zero-order valence-electron chi connectivity index (χ0n) is 23.6. The second-order valence-corrected chi connectivity index (χ2v) is 12.7. The summed E-state index contributed by atoms with van der Waals surface area (Å²) < 4.78 is 30.1. The van der Waals surface area contributed by atoms with Gasteiger partial charge in [0.05, 0.1) is 6.04 Å². The molecule has 2 aliphatic rings. The molecular formula is C30H37N5O5S. The van der Waals surface area contributed by atoms with Gasteiger partial charge in [-0.3, -0.25) is 4.79 Å². The fraction of sp³-hybridized carbons (Fsp3) is 0.400. The number of fused-ring (bicyclic) bond motifs is 1. The van der Waals surface area contributed by atoms with Crippen LogP contribution >= 0.6 is 0 Å². The number of carbonyl (C=O) groups excluding carboxylic acids is 2. The summed E-state index contributed by atoms with van der Waals surface area (Å²) in [4.78, 5) is 30.6. The molecule has 218 valence electrons. The van der Waals surface area contributed by atoms with Crippen molar-refractivity contribution in [2.24, 2.45) is 24.0 Å². The molecule has 5 rings (SSSR count). The fourth-order valence-corrected chi connectivity index (χ4v) is 6.93. The maximum Gasteiger partial charge on any atom is 0.414 e. The Hall–Kier alpha value is -3.67. The Morgan fingerprint density at radius 2 is 1.59 bits per heavy atom. The van der Waals surface area contributed by atoms with Crippen LogP contribution < -0.4 is 15.2 Å². The van der Waals surface area contributed by atoms with Crippen molar-refractivity contribution in [3.63, 3.8) is 0 Å². The monoisotopic (exact) mass is 579 g/mol. The molecule has 2 saturated heterocycles. The average Bonchev–Trinajstić information content (AvgIpc) is 3.60. The lowest BCUT2D eigenvalue weighted by atomic mass is 10.0. The molecule has 41 heavy (non-hydrogen) atoms. The maximum absolute atomic E-state index is 13.3. The van der Waals surface area contributed by atoms with Gasteiger partial charge in [-0.05, 0) is 54.9 Å². The van der Waals surface area contributed by atoms with Crippen molar-refractivity contribution in [2.75, 3.05) is 32.7 Å². The lowest BCUT2D eigenvalue weighted by molar-refractivity contribution is 0.0772. The number of nitrogens with two attached hydrogens (primary N) is 1. The van der Waals surface area contributed by atoms with Crippen LogP contribution in [0.15, 0.2) is 65.7 Å². The molecule has 11 heteroatoms. The molecule has 2 aliphatic heterocycles. The van der Waals surface area contributed by atoms with Gasteiger partial charge in [0.15, 0.2) is 5.03 Å². The zero-order chi connectivity index (χ0) is 29.3. The zero-order valence-corrected chi connectivity index (χ0v) is 24.4. The van der Waals surface area contributed by atoms with Crippen LogP contribution in [0.5, 0.6) is 5.88 Å². The number of hydrogen-bond acceptors (Lipinski definition) is 6. The summed E-state index contributed by atoms with van der Waals surface area (Å²) in [5, 5.41) is 8.03. The number of sulfonamides is 1. The summed E-state index contributed by atoms with van der Waals surface area (Å²) >= 11 is 0. The number of nitrogens with zero attached hydrogens (tertiary/aromatic N) is 3. The molecular weight excluding hydrogens is 542 g/mol. The Kier molecular flexibility index (Phi) is 8.21. The first-order valence-corrected chi connectivity index (χ1v) is 15.4. The molecule has 3 aromatic rings. The highest BCUT2D eigenvalue weighted by molar-refractivity contribution is 7.89. The Labute approximate surface area is 241 Å². The summed E-state index contributed by atoms with van der Waals surface area (Å²) in [6.45, 7) is 8.10. The number of amides is 2. The van der Waals surface area contributed by atoms with Crippen molar-refractivity contribution in [1.82, 2.24) is 19.7 Å². The summed E-state index contributed by atoms with van der Waals surface area (Å²) in [6, 6.07) is 18.1. The summed E-state index contributed by atoms with van der Waals surface area (Å²) in [7, 11) is -2.47. The van der Waals surface area contributed by atoms with Gasteiger partial charge in [0.2, 0.25) is 5.88 Å². The van der Waals surface area contributed by atoms with Crippen LogP contribution in [-0.4, -0.2) is 67.5 Å². The highest BCUT2D eigenvalue weighted by Crippen LogP contribution is 2.33. The maximum atomic E-state index is 13.3. The topological polar surface area (TPSA) is 127 Å². The van der Waals surface area contributed by atoms with E-state index in [1.165, 1.54) is 23.7 Å². The summed E-state index contributed by atoms with van der Waals surface area (Å²) in [6.07, 6.45) is -0.0147. The van der Waals surface area contributed by atoms with Crippen molar-refractivity contribution < 1.29 is 22.7 Å². The van der Waals surface area contributed by atoms with Crippen LogP contribution in [0.3, 0.4) is 0 Å². The normalized spacial score (nSPS) is 19.7. The van der Waals surface area contributed by atoms with E-state index < -0.39 is 16.1 Å². The van der Waals surface area contributed by atoms with Crippen molar-refractivity contribution in [3.8, 4) is 5.88 Å². The van der Waals surface area contributed by atoms with Gasteiger partial charge in [-0.15, -0.1) is 0 Å². The van der Waals surface area contributed by atoms with Gasteiger partial charge in [-0.2, -0.15) is 0 Å². The first kappa shape index (κ1) is 28.8. The molecule has 0 spiro atoms. The molecule has 0 radical (unpaired) electrons. The van der Waals surface area contributed by atoms with E-state index in [2.05, 4.69) is 10.2 Å². The van der Waals surface area contributed by atoms with Crippen LogP contribution in [0.25, 0.3) is 0 Å². The number of carbonyl (C=O) groups is 2. The van der Waals surface area contributed by atoms with E-state index in [1.807, 2.05) is 67.3 Å². The number of hydrogen-bond donors (Lipinski definition) is 2. The first-order valence-electron chi connectivity index (χ1n) is 13.8. The van der Waals surface area contributed by atoms with E-state index in [1.54, 1.807) is 0 Å². The lowest BCUT2D eigenvalue weighted by Crippen LogP contribution is -2.36. The third-order valence-electron chi connectivity index (χ3n) is 8.29. The highest BCUT2D eigenvalue weighted by atomic mass is 32.2. The molecule has 10 nitrogen and oxygen atoms in total. The Bertz CT molecular complexity index is 1500. The van der Waals surface area contributed by atoms with E-state index in [0.29, 0.717) is 18.3 Å². The van der Waals surface area contributed by atoms with E-state index in [4.69, 9.17) is 9.88 Å². The second-order valence-electron chi connectivity index (χ2n) is 11.2.